The maximum atomic E-state index is 12.1. The van der Waals surface area contributed by atoms with Crippen molar-refractivity contribution < 1.29 is 19.1 Å². The first kappa shape index (κ1) is 15.0. The molecule has 5 heteroatoms. The minimum Gasteiger partial charge on any atom is -0.497 e. The molecule has 0 fully saturated rings. The molecule has 0 heterocycles. The van der Waals surface area contributed by atoms with E-state index in [9.17, 15) is 9.59 Å². The standard InChI is InChI=1S/C14H19NO4/c1-5-9(2)15-14(17)13(16)11-8-10(18-3)6-7-12(11)19-4/h6-9H,5H2,1-4H3,(H,15,17). The van der Waals surface area contributed by atoms with Crippen LogP contribution in [0.1, 0.15) is 30.6 Å². The first-order valence-electron chi connectivity index (χ1n) is 6.10. The van der Waals surface area contributed by atoms with Crippen molar-refractivity contribution >= 4 is 11.7 Å². The summed E-state index contributed by atoms with van der Waals surface area (Å²) in [5.41, 5.74) is 0.197. The molecule has 1 unspecified atom stereocenters. The molecule has 0 saturated heterocycles. The van der Waals surface area contributed by atoms with Crippen molar-refractivity contribution in [1.29, 1.82) is 0 Å². The van der Waals surface area contributed by atoms with Gasteiger partial charge in [-0.3, -0.25) is 9.59 Å². The highest BCUT2D eigenvalue weighted by Crippen LogP contribution is 2.24. The van der Waals surface area contributed by atoms with Crippen molar-refractivity contribution in [2.24, 2.45) is 0 Å². The lowest BCUT2D eigenvalue weighted by molar-refractivity contribution is -0.117. The smallest absolute Gasteiger partial charge is 0.292 e. The number of methoxy groups -OCH3 is 2. The Labute approximate surface area is 112 Å². The van der Waals surface area contributed by atoms with Gasteiger partial charge in [-0.15, -0.1) is 0 Å². The van der Waals surface area contributed by atoms with Crippen LogP contribution in [0.3, 0.4) is 0 Å². The molecule has 0 bridgehead atoms. The molecule has 0 aliphatic carbocycles. The number of carbonyl (C=O) groups excluding carboxylic acids is 2. The molecule has 1 rings (SSSR count). The Kier molecular flexibility index (Phi) is 5.36. The molecule has 1 atom stereocenters. The van der Waals surface area contributed by atoms with Crippen LogP contribution in [0.25, 0.3) is 0 Å². The fraction of sp³-hybridized carbons (Fsp3) is 0.429. The molecule has 0 aliphatic heterocycles. The SMILES string of the molecule is CCC(C)NC(=O)C(=O)c1cc(OC)ccc1OC. The average Bonchev–Trinajstić information content (AvgIpc) is 2.45. The highest BCUT2D eigenvalue weighted by atomic mass is 16.5. The summed E-state index contributed by atoms with van der Waals surface area (Å²) in [7, 11) is 2.94. The first-order valence-corrected chi connectivity index (χ1v) is 6.10. The zero-order chi connectivity index (χ0) is 14.4. The molecule has 5 nitrogen and oxygen atoms in total. The topological polar surface area (TPSA) is 64.6 Å². The van der Waals surface area contributed by atoms with E-state index >= 15 is 0 Å². The predicted octanol–water partition coefficient (Wildman–Crippen LogP) is 1.80. The number of nitrogens with one attached hydrogen (secondary N) is 1. The highest BCUT2D eigenvalue weighted by molar-refractivity contribution is 6.43. The van der Waals surface area contributed by atoms with Gasteiger partial charge in [0.05, 0.1) is 19.8 Å². The van der Waals surface area contributed by atoms with E-state index in [1.165, 1.54) is 20.3 Å². The number of ketones is 1. The Hall–Kier alpha value is -2.04. The summed E-state index contributed by atoms with van der Waals surface area (Å²) in [6, 6.07) is 4.72. The van der Waals surface area contributed by atoms with Crippen LogP contribution in [0, 0.1) is 0 Å². The third-order valence-corrected chi connectivity index (χ3v) is 2.85. The van der Waals surface area contributed by atoms with Crippen molar-refractivity contribution in [3.63, 3.8) is 0 Å². The van der Waals surface area contributed by atoms with Gasteiger partial charge in [0.1, 0.15) is 11.5 Å². The molecule has 104 valence electrons. The quantitative estimate of drug-likeness (QED) is 0.629. The van der Waals surface area contributed by atoms with Gasteiger partial charge in [0.15, 0.2) is 0 Å². The van der Waals surface area contributed by atoms with Crippen molar-refractivity contribution in [3.8, 4) is 11.5 Å². The highest BCUT2D eigenvalue weighted by Gasteiger charge is 2.22. The van der Waals surface area contributed by atoms with Crippen LogP contribution in [0.4, 0.5) is 0 Å². The summed E-state index contributed by atoms with van der Waals surface area (Å²) in [4.78, 5) is 23.9. The van der Waals surface area contributed by atoms with Gasteiger partial charge in [-0.1, -0.05) is 6.92 Å². The number of amides is 1. The minimum absolute atomic E-state index is 0.0481. The summed E-state index contributed by atoms with van der Waals surface area (Å²) in [6.07, 6.45) is 0.758. The number of carbonyl (C=O) groups is 2. The van der Waals surface area contributed by atoms with Crippen molar-refractivity contribution in [1.82, 2.24) is 5.32 Å². The largest absolute Gasteiger partial charge is 0.497 e. The lowest BCUT2D eigenvalue weighted by Crippen LogP contribution is -2.37. The van der Waals surface area contributed by atoms with E-state index in [1.807, 2.05) is 13.8 Å². The summed E-state index contributed by atoms with van der Waals surface area (Å²) in [5.74, 6) is -0.414. The number of Topliss-reactive ketones (excluding diaryl/α,β-unsaturated/α-hetero) is 1. The maximum Gasteiger partial charge on any atom is 0.292 e. The molecular formula is C14H19NO4. The van der Waals surface area contributed by atoms with Gasteiger partial charge < -0.3 is 14.8 Å². The second-order valence-corrected chi connectivity index (χ2v) is 4.18. The van der Waals surface area contributed by atoms with Gasteiger partial charge in [0.25, 0.3) is 11.7 Å². The number of benzene rings is 1. The monoisotopic (exact) mass is 265 g/mol. The summed E-state index contributed by atoms with van der Waals surface area (Å²) >= 11 is 0. The van der Waals surface area contributed by atoms with Crippen molar-refractivity contribution in [3.05, 3.63) is 23.8 Å². The van der Waals surface area contributed by atoms with Crippen LogP contribution in [-0.2, 0) is 4.79 Å². The van der Waals surface area contributed by atoms with E-state index in [4.69, 9.17) is 9.47 Å². The van der Waals surface area contributed by atoms with E-state index in [2.05, 4.69) is 5.32 Å². The van der Waals surface area contributed by atoms with Gasteiger partial charge in [0, 0.05) is 6.04 Å². The Morgan fingerprint density at radius 2 is 1.95 bits per heavy atom. The van der Waals surface area contributed by atoms with E-state index in [0.29, 0.717) is 11.5 Å². The predicted molar refractivity (Wildman–Crippen MR) is 71.8 cm³/mol. The molecule has 0 aromatic heterocycles. The van der Waals surface area contributed by atoms with Gasteiger partial charge >= 0.3 is 0 Å². The van der Waals surface area contributed by atoms with Crippen molar-refractivity contribution in [2.45, 2.75) is 26.3 Å². The summed E-state index contributed by atoms with van der Waals surface area (Å²) in [5, 5.41) is 2.63. The number of rotatable bonds is 6. The lowest BCUT2D eigenvalue weighted by atomic mass is 10.1. The lowest BCUT2D eigenvalue weighted by Gasteiger charge is -2.12. The van der Waals surface area contributed by atoms with Gasteiger partial charge in [-0.05, 0) is 31.5 Å². The normalized spacial score (nSPS) is 11.6. The van der Waals surface area contributed by atoms with Crippen molar-refractivity contribution in [2.75, 3.05) is 14.2 Å². The van der Waals surface area contributed by atoms with E-state index in [1.54, 1.807) is 12.1 Å². The van der Waals surface area contributed by atoms with E-state index < -0.39 is 11.7 Å². The molecular weight excluding hydrogens is 246 g/mol. The third-order valence-electron chi connectivity index (χ3n) is 2.85. The molecule has 1 amide bonds. The Bertz CT molecular complexity index is 471. The van der Waals surface area contributed by atoms with Gasteiger partial charge in [-0.2, -0.15) is 0 Å². The van der Waals surface area contributed by atoms with Crippen LogP contribution in [-0.4, -0.2) is 32.0 Å². The molecule has 0 aliphatic rings. The Morgan fingerprint density at radius 1 is 1.26 bits per heavy atom. The number of hydrogen-bond acceptors (Lipinski definition) is 4. The maximum absolute atomic E-state index is 12.1. The summed E-state index contributed by atoms with van der Waals surface area (Å²) in [6.45, 7) is 3.77. The second kappa shape index (κ2) is 6.78. The molecule has 19 heavy (non-hydrogen) atoms. The van der Waals surface area contributed by atoms with Crippen LogP contribution >= 0.6 is 0 Å². The fourth-order valence-corrected chi connectivity index (χ4v) is 1.51. The first-order chi connectivity index (χ1) is 9.03. The van der Waals surface area contributed by atoms with Gasteiger partial charge in [-0.25, -0.2) is 0 Å². The summed E-state index contributed by atoms with van der Waals surface area (Å²) < 4.78 is 10.1. The molecule has 0 saturated carbocycles. The second-order valence-electron chi connectivity index (χ2n) is 4.18. The van der Waals surface area contributed by atoms with Crippen LogP contribution in [0.15, 0.2) is 18.2 Å². The van der Waals surface area contributed by atoms with Crippen LogP contribution in [0.2, 0.25) is 0 Å². The molecule has 1 N–H and O–H groups in total. The Morgan fingerprint density at radius 3 is 2.47 bits per heavy atom. The van der Waals surface area contributed by atoms with Crippen LogP contribution in [0.5, 0.6) is 11.5 Å². The zero-order valence-electron chi connectivity index (χ0n) is 11.6. The van der Waals surface area contributed by atoms with Gasteiger partial charge in [0.2, 0.25) is 0 Å². The molecule has 1 aromatic carbocycles. The average molecular weight is 265 g/mol. The van der Waals surface area contributed by atoms with Crippen LogP contribution < -0.4 is 14.8 Å². The minimum atomic E-state index is -0.638. The van der Waals surface area contributed by atoms with E-state index in [0.717, 1.165) is 6.42 Å². The number of ether oxygens (including phenoxy) is 2. The Balaban J connectivity index is 3.00. The molecule has 1 aromatic rings. The number of hydrogen-bond donors (Lipinski definition) is 1. The fourth-order valence-electron chi connectivity index (χ4n) is 1.51. The van der Waals surface area contributed by atoms with E-state index in [-0.39, 0.29) is 11.6 Å². The zero-order valence-corrected chi connectivity index (χ0v) is 11.6. The molecule has 0 spiro atoms. The molecule has 0 radical (unpaired) electrons. The third kappa shape index (κ3) is 3.71.